The summed E-state index contributed by atoms with van der Waals surface area (Å²) in [4.78, 5) is 37.8. The van der Waals surface area contributed by atoms with Gasteiger partial charge in [0.25, 0.3) is 0 Å². The molecule has 0 aliphatic rings. The van der Waals surface area contributed by atoms with Crippen LogP contribution < -0.4 is 0 Å². The molecule has 0 aromatic heterocycles. The lowest BCUT2D eigenvalue weighted by Gasteiger charge is -2.18. The van der Waals surface area contributed by atoms with Crippen molar-refractivity contribution in [2.45, 2.75) is 271 Å². The van der Waals surface area contributed by atoms with Gasteiger partial charge in [-0.15, -0.1) is 0 Å². The summed E-state index contributed by atoms with van der Waals surface area (Å²) in [5, 5.41) is 0. The van der Waals surface area contributed by atoms with E-state index in [0.29, 0.717) is 12.8 Å². The van der Waals surface area contributed by atoms with Crippen molar-refractivity contribution in [3.8, 4) is 0 Å². The first-order valence-corrected chi connectivity index (χ1v) is 28.7. The van der Waals surface area contributed by atoms with Gasteiger partial charge in [-0.05, 0) is 103 Å². The van der Waals surface area contributed by atoms with Gasteiger partial charge in [0.05, 0.1) is 0 Å². The second kappa shape index (κ2) is 56.9. The lowest BCUT2D eigenvalue weighted by Crippen LogP contribution is -2.30. The first-order chi connectivity index (χ1) is 34.0. The SMILES string of the molecule is CC/C=C\C/C=C\C/C=C\C/C=C\C/C=C\CCCCCC(=O)OC(COC(=O)CCCCCCC)COC(=O)CCCCCCCCCCCCCC/C=C\C/C=C\C/C=C\CCCCCCC. The van der Waals surface area contributed by atoms with E-state index >= 15 is 0 Å². The number of carbonyl (C=O) groups excluding carboxylic acids is 3. The van der Waals surface area contributed by atoms with Crippen LogP contribution in [0, 0.1) is 0 Å². The first kappa shape index (κ1) is 65.3. The van der Waals surface area contributed by atoms with Crippen LogP contribution in [0.2, 0.25) is 0 Å². The molecule has 0 saturated carbocycles. The van der Waals surface area contributed by atoms with Gasteiger partial charge in [-0.2, -0.15) is 0 Å². The van der Waals surface area contributed by atoms with Crippen molar-refractivity contribution in [2.75, 3.05) is 13.2 Å². The molecule has 0 aromatic rings. The smallest absolute Gasteiger partial charge is 0.306 e. The largest absolute Gasteiger partial charge is 0.462 e. The molecule has 6 heteroatoms. The minimum absolute atomic E-state index is 0.0921. The predicted octanol–water partition coefficient (Wildman–Crippen LogP) is 19.3. The zero-order valence-electron chi connectivity index (χ0n) is 45.0. The molecule has 0 aliphatic heterocycles. The van der Waals surface area contributed by atoms with Gasteiger partial charge in [-0.1, -0.05) is 240 Å². The average Bonchev–Trinajstić information content (AvgIpc) is 3.35. The third-order valence-corrected chi connectivity index (χ3v) is 12.1. The van der Waals surface area contributed by atoms with Gasteiger partial charge < -0.3 is 14.2 Å². The highest BCUT2D eigenvalue weighted by molar-refractivity contribution is 5.71. The van der Waals surface area contributed by atoms with Crippen molar-refractivity contribution >= 4 is 17.9 Å². The van der Waals surface area contributed by atoms with Crippen LogP contribution in [0.4, 0.5) is 0 Å². The normalized spacial score (nSPS) is 12.8. The predicted molar refractivity (Wildman–Crippen MR) is 297 cm³/mol. The Morgan fingerprint density at radius 2 is 0.565 bits per heavy atom. The van der Waals surface area contributed by atoms with Crippen LogP contribution >= 0.6 is 0 Å². The number of esters is 3. The van der Waals surface area contributed by atoms with Gasteiger partial charge >= 0.3 is 17.9 Å². The Bertz CT molecular complexity index is 1380. The highest BCUT2D eigenvalue weighted by Crippen LogP contribution is 2.15. The highest BCUT2D eigenvalue weighted by atomic mass is 16.6. The molecule has 0 fully saturated rings. The van der Waals surface area contributed by atoms with E-state index in [-0.39, 0.29) is 37.5 Å². The maximum atomic E-state index is 12.8. The lowest BCUT2D eigenvalue weighted by molar-refractivity contribution is -0.167. The molecule has 0 heterocycles. The molecule has 1 atom stereocenters. The zero-order chi connectivity index (χ0) is 50.0. The summed E-state index contributed by atoms with van der Waals surface area (Å²) in [7, 11) is 0. The van der Waals surface area contributed by atoms with Crippen molar-refractivity contribution in [1.29, 1.82) is 0 Å². The molecule has 394 valence electrons. The summed E-state index contributed by atoms with van der Waals surface area (Å²) < 4.78 is 16.7. The average molecular weight is 960 g/mol. The van der Waals surface area contributed by atoms with Crippen molar-refractivity contribution in [1.82, 2.24) is 0 Å². The number of hydrogen-bond acceptors (Lipinski definition) is 6. The molecule has 0 radical (unpaired) electrons. The van der Waals surface area contributed by atoms with Crippen LogP contribution in [0.3, 0.4) is 0 Å². The summed E-state index contributed by atoms with van der Waals surface area (Å²) >= 11 is 0. The summed E-state index contributed by atoms with van der Waals surface area (Å²) in [6, 6.07) is 0. The highest BCUT2D eigenvalue weighted by Gasteiger charge is 2.19. The number of unbranched alkanes of at least 4 members (excludes halogenated alkanes) is 24. The number of allylic oxidation sites excluding steroid dienone is 16. The van der Waals surface area contributed by atoms with E-state index in [1.807, 2.05) is 0 Å². The second-order valence-electron chi connectivity index (χ2n) is 18.8. The summed E-state index contributed by atoms with van der Waals surface area (Å²) in [6.07, 6.45) is 75.9. The van der Waals surface area contributed by atoms with Gasteiger partial charge in [-0.25, -0.2) is 0 Å². The third-order valence-electron chi connectivity index (χ3n) is 12.1. The van der Waals surface area contributed by atoms with Crippen molar-refractivity contribution in [3.05, 3.63) is 97.2 Å². The second-order valence-corrected chi connectivity index (χ2v) is 18.8. The van der Waals surface area contributed by atoms with Crippen molar-refractivity contribution in [3.63, 3.8) is 0 Å². The van der Waals surface area contributed by atoms with E-state index in [0.717, 1.165) is 122 Å². The molecule has 0 rings (SSSR count). The Balaban J connectivity index is 4.13. The quantitative estimate of drug-likeness (QED) is 0.0262. The molecule has 0 aromatic carbocycles. The molecule has 69 heavy (non-hydrogen) atoms. The van der Waals surface area contributed by atoms with Crippen LogP contribution in [0.5, 0.6) is 0 Å². The Morgan fingerprint density at radius 1 is 0.304 bits per heavy atom. The molecular weight excluding hydrogens is 853 g/mol. The fourth-order valence-electron chi connectivity index (χ4n) is 7.77. The topological polar surface area (TPSA) is 78.9 Å². The van der Waals surface area contributed by atoms with Gasteiger partial charge in [-0.3, -0.25) is 14.4 Å². The van der Waals surface area contributed by atoms with Gasteiger partial charge in [0, 0.05) is 19.3 Å². The van der Waals surface area contributed by atoms with E-state index < -0.39 is 6.10 Å². The lowest BCUT2D eigenvalue weighted by atomic mass is 10.0. The summed E-state index contributed by atoms with van der Waals surface area (Å²) in [6.45, 7) is 6.40. The monoisotopic (exact) mass is 959 g/mol. The summed E-state index contributed by atoms with van der Waals surface area (Å²) in [5.41, 5.74) is 0. The molecule has 0 aliphatic carbocycles. The number of hydrogen-bond donors (Lipinski definition) is 0. The van der Waals surface area contributed by atoms with Gasteiger partial charge in [0.15, 0.2) is 6.10 Å². The van der Waals surface area contributed by atoms with Gasteiger partial charge in [0.2, 0.25) is 0 Å². The van der Waals surface area contributed by atoms with Crippen LogP contribution in [0.1, 0.15) is 265 Å². The number of carbonyl (C=O) groups is 3. The fourth-order valence-corrected chi connectivity index (χ4v) is 7.77. The van der Waals surface area contributed by atoms with E-state index in [1.165, 1.54) is 103 Å². The standard InChI is InChI=1S/C63H106O6/c1-4-7-10-13-15-17-19-21-23-25-27-28-29-30-31-32-33-34-36-37-39-41-43-45-47-50-53-56-62(65)68-59-60(58-67-61(64)55-52-49-12-9-6-3)69-63(66)57-54-51-48-46-44-42-40-38-35-26-24-22-20-18-16-14-11-8-5-2/h8,11,16,18-19,21-22,24-25,27,29-30,35,38,42,44,60H,4-7,9-10,12-15,17,20,23,26,28,31-34,36-37,39-41,43,45-59H2,1-3H3/b11-8-,18-16-,21-19-,24-22-,27-25-,30-29-,38-35-,44-42-. The number of rotatable bonds is 51. The molecule has 0 bridgehead atoms. The first-order valence-electron chi connectivity index (χ1n) is 28.7. The maximum Gasteiger partial charge on any atom is 0.306 e. The van der Waals surface area contributed by atoms with Crippen molar-refractivity contribution in [2.24, 2.45) is 0 Å². The molecular formula is C63H106O6. The maximum absolute atomic E-state index is 12.8. The van der Waals surface area contributed by atoms with E-state index in [1.54, 1.807) is 0 Å². The molecule has 0 N–H and O–H groups in total. The molecule has 0 saturated heterocycles. The van der Waals surface area contributed by atoms with Crippen LogP contribution in [-0.4, -0.2) is 37.2 Å². The van der Waals surface area contributed by atoms with Crippen molar-refractivity contribution < 1.29 is 28.6 Å². The van der Waals surface area contributed by atoms with Gasteiger partial charge in [0.1, 0.15) is 13.2 Å². The molecule has 1 unspecified atom stereocenters. The minimum Gasteiger partial charge on any atom is -0.462 e. The number of ether oxygens (including phenoxy) is 3. The Hall–Kier alpha value is -3.67. The molecule has 0 amide bonds. The molecule has 6 nitrogen and oxygen atoms in total. The Kier molecular flexibility index (Phi) is 53.9. The third kappa shape index (κ3) is 55.1. The van der Waals surface area contributed by atoms with Crippen LogP contribution in [-0.2, 0) is 28.6 Å². The van der Waals surface area contributed by atoms with Crippen LogP contribution in [0.25, 0.3) is 0 Å². The zero-order valence-corrected chi connectivity index (χ0v) is 45.0. The minimum atomic E-state index is -0.793. The van der Waals surface area contributed by atoms with E-state index in [2.05, 4.69) is 118 Å². The molecule has 0 spiro atoms. The Morgan fingerprint density at radius 3 is 0.899 bits per heavy atom. The van der Waals surface area contributed by atoms with E-state index in [4.69, 9.17) is 14.2 Å². The van der Waals surface area contributed by atoms with Crippen LogP contribution in [0.15, 0.2) is 97.2 Å². The van der Waals surface area contributed by atoms with E-state index in [9.17, 15) is 14.4 Å². The Labute approximate surface area is 426 Å². The summed E-state index contributed by atoms with van der Waals surface area (Å²) in [5.74, 6) is -0.940. The fraction of sp³-hybridized carbons (Fsp3) is 0.698.